The zero-order chi connectivity index (χ0) is 14.0. The smallest absolute Gasteiger partial charge is 0.374 e. The van der Waals surface area contributed by atoms with Gasteiger partial charge in [0.15, 0.2) is 0 Å². The molecule has 0 radical (unpaired) electrons. The number of fused-ring (bicyclic) bond motifs is 1. The van der Waals surface area contributed by atoms with E-state index in [4.69, 9.17) is 10.2 Å². The summed E-state index contributed by atoms with van der Waals surface area (Å²) in [5.74, 6) is 0.351. The Morgan fingerprint density at radius 2 is 2.16 bits per heavy atom. The van der Waals surface area contributed by atoms with Crippen LogP contribution >= 0.6 is 0 Å². The van der Waals surface area contributed by atoms with Crippen LogP contribution in [0.5, 0.6) is 0 Å². The van der Waals surface area contributed by atoms with Gasteiger partial charge in [-0.1, -0.05) is 0 Å². The van der Waals surface area contributed by atoms with Gasteiger partial charge in [-0.3, -0.25) is 0 Å². The lowest BCUT2D eigenvalue weighted by atomic mass is 9.93. The Kier molecular flexibility index (Phi) is 3.55. The van der Waals surface area contributed by atoms with E-state index in [0.29, 0.717) is 23.5 Å². The van der Waals surface area contributed by atoms with Gasteiger partial charge >= 0.3 is 12.0 Å². The van der Waals surface area contributed by atoms with Gasteiger partial charge in [0.2, 0.25) is 5.76 Å². The van der Waals surface area contributed by atoms with Crippen LogP contribution in [0, 0.1) is 6.92 Å². The molecule has 1 heterocycles. The van der Waals surface area contributed by atoms with Gasteiger partial charge in [-0.05, 0) is 19.8 Å². The molecule has 1 aromatic rings. The molecule has 0 aliphatic heterocycles. The molecule has 3 N–H and O–H groups in total. The third-order valence-electron chi connectivity index (χ3n) is 3.00. The normalized spacial score (nSPS) is 16.0. The van der Waals surface area contributed by atoms with Crippen LogP contribution in [0.25, 0.3) is 0 Å². The Morgan fingerprint density at radius 1 is 1.42 bits per heavy atom. The second-order valence-corrected chi connectivity index (χ2v) is 4.23. The standard InChI is InChI=1S/C12H15N3O4/c1-6-9-7(14-15-12(13)17)4-3-5-8(9)19-10(6)11(16)18-2/h3-5H2,1-2H3,(H3,13,15,17)/b14-7+. The van der Waals surface area contributed by atoms with Crippen LogP contribution < -0.4 is 11.2 Å². The van der Waals surface area contributed by atoms with Crippen molar-refractivity contribution in [3.63, 3.8) is 0 Å². The van der Waals surface area contributed by atoms with Gasteiger partial charge in [0, 0.05) is 17.5 Å². The number of aryl methyl sites for hydroxylation is 1. The highest BCUT2D eigenvalue weighted by atomic mass is 16.5. The van der Waals surface area contributed by atoms with Crippen molar-refractivity contribution >= 4 is 17.7 Å². The number of hydrogen-bond donors (Lipinski definition) is 2. The number of methoxy groups -OCH3 is 1. The lowest BCUT2D eigenvalue weighted by Gasteiger charge is -2.12. The largest absolute Gasteiger partial charge is 0.463 e. The first kappa shape index (κ1) is 13.1. The van der Waals surface area contributed by atoms with E-state index in [1.54, 1.807) is 6.92 Å². The van der Waals surface area contributed by atoms with Gasteiger partial charge in [-0.15, -0.1) is 0 Å². The minimum absolute atomic E-state index is 0.182. The molecule has 0 unspecified atom stereocenters. The lowest BCUT2D eigenvalue weighted by Crippen LogP contribution is -2.27. The van der Waals surface area contributed by atoms with E-state index in [0.717, 1.165) is 18.4 Å². The van der Waals surface area contributed by atoms with Crippen LogP contribution in [-0.2, 0) is 11.2 Å². The number of nitrogens with one attached hydrogen (secondary N) is 1. The van der Waals surface area contributed by atoms with E-state index in [-0.39, 0.29) is 5.76 Å². The van der Waals surface area contributed by atoms with E-state index >= 15 is 0 Å². The number of ether oxygens (including phenoxy) is 1. The molecule has 0 bridgehead atoms. The maximum Gasteiger partial charge on any atom is 0.374 e. The topological polar surface area (TPSA) is 107 Å². The summed E-state index contributed by atoms with van der Waals surface area (Å²) < 4.78 is 10.2. The molecule has 0 saturated carbocycles. The summed E-state index contributed by atoms with van der Waals surface area (Å²) in [6.45, 7) is 1.76. The van der Waals surface area contributed by atoms with Crippen molar-refractivity contribution in [3.05, 3.63) is 22.6 Å². The molecular weight excluding hydrogens is 250 g/mol. The Bertz CT molecular complexity index is 560. The fraction of sp³-hybridized carbons (Fsp3) is 0.417. The van der Waals surface area contributed by atoms with E-state index in [1.165, 1.54) is 7.11 Å². The maximum absolute atomic E-state index is 11.6. The Labute approximate surface area is 109 Å². The first-order valence-corrected chi connectivity index (χ1v) is 5.87. The van der Waals surface area contributed by atoms with Crippen molar-refractivity contribution < 1.29 is 18.7 Å². The molecule has 0 saturated heterocycles. The number of amides is 2. The highest BCUT2D eigenvalue weighted by molar-refractivity contribution is 6.06. The third kappa shape index (κ3) is 2.44. The van der Waals surface area contributed by atoms with Gasteiger partial charge < -0.3 is 14.9 Å². The second-order valence-electron chi connectivity index (χ2n) is 4.23. The minimum Gasteiger partial charge on any atom is -0.463 e. The quantitative estimate of drug-likeness (QED) is 0.616. The molecule has 1 aromatic heterocycles. The highest BCUT2D eigenvalue weighted by Gasteiger charge is 2.28. The number of furan rings is 1. The molecule has 0 spiro atoms. The van der Waals surface area contributed by atoms with E-state index in [1.807, 2.05) is 0 Å². The zero-order valence-electron chi connectivity index (χ0n) is 10.8. The van der Waals surface area contributed by atoms with Crippen LogP contribution in [0.15, 0.2) is 9.52 Å². The number of hydrazone groups is 1. The number of hydrogen-bond acceptors (Lipinski definition) is 5. The molecule has 2 amide bonds. The first-order valence-electron chi connectivity index (χ1n) is 5.87. The molecule has 102 valence electrons. The summed E-state index contributed by atoms with van der Waals surface area (Å²) in [5.41, 5.74) is 9.29. The monoisotopic (exact) mass is 265 g/mol. The molecule has 7 heteroatoms. The van der Waals surface area contributed by atoms with E-state index < -0.39 is 12.0 Å². The molecule has 0 aromatic carbocycles. The average molecular weight is 265 g/mol. The number of primary amides is 1. The number of rotatable bonds is 2. The zero-order valence-corrected chi connectivity index (χ0v) is 10.8. The van der Waals surface area contributed by atoms with Crippen LogP contribution in [0.4, 0.5) is 4.79 Å². The Hall–Kier alpha value is -2.31. The molecule has 0 fully saturated rings. The van der Waals surface area contributed by atoms with Crippen molar-refractivity contribution in [1.82, 2.24) is 5.43 Å². The van der Waals surface area contributed by atoms with Gasteiger partial charge in [0.1, 0.15) is 5.76 Å². The van der Waals surface area contributed by atoms with Crippen LogP contribution in [0.2, 0.25) is 0 Å². The number of nitrogens with zero attached hydrogens (tertiary/aromatic N) is 1. The number of carbonyl (C=O) groups is 2. The molecule has 2 rings (SSSR count). The fourth-order valence-corrected chi connectivity index (χ4v) is 2.19. The minimum atomic E-state index is -0.728. The number of carbonyl (C=O) groups excluding carboxylic acids is 2. The lowest BCUT2D eigenvalue weighted by molar-refractivity contribution is 0.0562. The van der Waals surface area contributed by atoms with Gasteiger partial charge in [-0.2, -0.15) is 5.10 Å². The molecular formula is C12H15N3O4. The van der Waals surface area contributed by atoms with Crippen LogP contribution in [-0.4, -0.2) is 24.8 Å². The third-order valence-corrected chi connectivity index (χ3v) is 3.00. The van der Waals surface area contributed by atoms with Crippen molar-refractivity contribution in [2.24, 2.45) is 10.8 Å². The molecule has 7 nitrogen and oxygen atoms in total. The van der Waals surface area contributed by atoms with E-state index in [2.05, 4.69) is 15.3 Å². The van der Waals surface area contributed by atoms with Crippen molar-refractivity contribution in [2.75, 3.05) is 7.11 Å². The predicted molar refractivity (Wildman–Crippen MR) is 67.0 cm³/mol. The van der Waals surface area contributed by atoms with Crippen LogP contribution in [0.3, 0.4) is 0 Å². The van der Waals surface area contributed by atoms with Crippen molar-refractivity contribution in [3.8, 4) is 0 Å². The van der Waals surface area contributed by atoms with Gasteiger partial charge in [0.25, 0.3) is 0 Å². The van der Waals surface area contributed by atoms with E-state index in [9.17, 15) is 9.59 Å². The summed E-state index contributed by atoms with van der Waals surface area (Å²) in [6, 6.07) is -0.728. The van der Waals surface area contributed by atoms with Crippen molar-refractivity contribution in [1.29, 1.82) is 0 Å². The fourth-order valence-electron chi connectivity index (χ4n) is 2.19. The summed E-state index contributed by atoms with van der Waals surface area (Å²) in [6.07, 6.45) is 2.25. The number of nitrogens with two attached hydrogens (primary N) is 1. The van der Waals surface area contributed by atoms with Crippen molar-refractivity contribution in [2.45, 2.75) is 26.2 Å². The molecule has 1 aliphatic rings. The SMILES string of the molecule is COC(=O)c1oc2c(c1C)/C(=N/NC(N)=O)CCC2. The maximum atomic E-state index is 11.6. The number of esters is 1. The first-order chi connectivity index (χ1) is 9.04. The number of urea groups is 1. The predicted octanol–water partition coefficient (Wildman–Crippen LogP) is 1.08. The van der Waals surface area contributed by atoms with Gasteiger partial charge in [-0.25, -0.2) is 15.0 Å². The Morgan fingerprint density at radius 3 is 2.79 bits per heavy atom. The summed E-state index contributed by atoms with van der Waals surface area (Å²) >= 11 is 0. The van der Waals surface area contributed by atoms with Gasteiger partial charge in [0.05, 0.1) is 12.8 Å². The Balaban J connectivity index is 2.43. The second kappa shape index (κ2) is 5.13. The highest BCUT2D eigenvalue weighted by Crippen LogP contribution is 2.30. The summed E-state index contributed by atoms with van der Waals surface area (Å²) in [5, 5.41) is 3.96. The molecule has 1 aliphatic carbocycles. The average Bonchev–Trinajstić information content (AvgIpc) is 2.73. The van der Waals surface area contributed by atoms with Crippen LogP contribution in [0.1, 0.15) is 40.3 Å². The molecule has 0 atom stereocenters. The molecule has 19 heavy (non-hydrogen) atoms. The summed E-state index contributed by atoms with van der Waals surface area (Å²) in [4.78, 5) is 22.3. The summed E-state index contributed by atoms with van der Waals surface area (Å²) in [7, 11) is 1.30.